The highest BCUT2D eigenvalue weighted by Crippen LogP contribution is 2.18. The second kappa shape index (κ2) is 6.35. The van der Waals surface area contributed by atoms with E-state index >= 15 is 0 Å². The molecular weight excluding hydrogens is 236 g/mol. The van der Waals surface area contributed by atoms with Crippen molar-refractivity contribution in [3.63, 3.8) is 0 Å². The molecule has 1 aromatic heterocycles. The van der Waals surface area contributed by atoms with Crippen LogP contribution in [0.4, 0.5) is 5.82 Å². The Labute approximate surface area is 116 Å². The number of rotatable bonds is 4. The lowest BCUT2D eigenvalue weighted by molar-refractivity contribution is 0.192. The summed E-state index contributed by atoms with van der Waals surface area (Å²) in [6, 6.07) is 4.89. The summed E-state index contributed by atoms with van der Waals surface area (Å²) >= 11 is 0. The van der Waals surface area contributed by atoms with Crippen molar-refractivity contribution in [2.75, 3.05) is 31.1 Å². The van der Waals surface area contributed by atoms with Crippen LogP contribution in [0, 0.1) is 6.92 Å². The lowest BCUT2D eigenvalue weighted by Gasteiger charge is -2.38. The van der Waals surface area contributed by atoms with Gasteiger partial charge in [-0.1, -0.05) is 6.92 Å². The van der Waals surface area contributed by atoms with Gasteiger partial charge in [0.2, 0.25) is 0 Å². The predicted octanol–water partition coefficient (Wildman–Crippen LogP) is 1.77. The smallest absolute Gasteiger partial charge is 0.129 e. The zero-order chi connectivity index (χ0) is 13.8. The number of hydrogen-bond donors (Lipinski definition) is 1. The Morgan fingerprint density at radius 2 is 1.95 bits per heavy atom. The first-order valence-electron chi connectivity index (χ1n) is 7.30. The summed E-state index contributed by atoms with van der Waals surface area (Å²) in [6.07, 6.45) is 1.22. The van der Waals surface area contributed by atoms with Gasteiger partial charge in [0.15, 0.2) is 0 Å². The Hall–Kier alpha value is -1.13. The molecule has 0 spiro atoms. The van der Waals surface area contributed by atoms with Crippen molar-refractivity contribution in [3.05, 3.63) is 23.4 Å². The van der Waals surface area contributed by atoms with Crippen LogP contribution in [0.15, 0.2) is 12.1 Å². The fourth-order valence-electron chi connectivity index (χ4n) is 2.65. The molecule has 1 aliphatic heterocycles. The van der Waals surface area contributed by atoms with Gasteiger partial charge in [-0.25, -0.2) is 4.98 Å². The van der Waals surface area contributed by atoms with Gasteiger partial charge in [-0.05, 0) is 38.0 Å². The number of nitrogens with two attached hydrogens (primary N) is 1. The van der Waals surface area contributed by atoms with Crippen LogP contribution in [0.5, 0.6) is 0 Å². The largest absolute Gasteiger partial charge is 0.354 e. The molecule has 0 amide bonds. The highest BCUT2D eigenvalue weighted by molar-refractivity contribution is 5.43. The van der Waals surface area contributed by atoms with E-state index in [0.717, 1.165) is 37.7 Å². The average Bonchev–Trinajstić information content (AvgIpc) is 2.46. The van der Waals surface area contributed by atoms with Crippen molar-refractivity contribution in [2.45, 2.75) is 39.8 Å². The average molecular weight is 262 g/mol. The fourth-order valence-corrected chi connectivity index (χ4v) is 2.65. The monoisotopic (exact) mass is 262 g/mol. The molecule has 1 aromatic rings. The maximum Gasteiger partial charge on any atom is 0.129 e. The lowest BCUT2D eigenvalue weighted by atomic mass is 10.1. The highest BCUT2D eigenvalue weighted by atomic mass is 15.3. The highest BCUT2D eigenvalue weighted by Gasteiger charge is 2.21. The van der Waals surface area contributed by atoms with Gasteiger partial charge in [0.1, 0.15) is 5.82 Å². The van der Waals surface area contributed by atoms with E-state index in [1.807, 2.05) is 6.92 Å². The van der Waals surface area contributed by atoms with Crippen LogP contribution in [-0.2, 0) is 6.54 Å². The van der Waals surface area contributed by atoms with Gasteiger partial charge < -0.3 is 10.6 Å². The molecule has 106 valence electrons. The molecule has 1 unspecified atom stereocenters. The second-order valence-corrected chi connectivity index (χ2v) is 5.46. The Morgan fingerprint density at radius 3 is 2.53 bits per heavy atom. The van der Waals surface area contributed by atoms with E-state index in [4.69, 9.17) is 5.73 Å². The Morgan fingerprint density at radius 1 is 1.26 bits per heavy atom. The third-order valence-corrected chi connectivity index (χ3v) is 4.09. The van der Waals surface area contributed by atoms with Crippen molar-refractivity contribution in [1.29, 1.82) is 0 Å². The van der Waals surface area contributed by atoms with Crippen LogP contribution in [0.3, 0.4) is 0 Å². The number of hydrogen-bond acceptors (Lipinski definition) is 4. The molecule has 1 saturated heterocycles. The minimum Gasteiger partial charge on any atom is -0.354 e. The number of pyridine rings is 1. The van der Waals surface area contributed by atoms with Gasteiger partial charge in [0, 0.05) is 44.5 Å². The molecule has 19 heavy (non-hydrogen) atoms. The summed E-state index contributed by atoms with van der Waals surface area (Å²) in [5, 5.41) is 0. The summed E-state index contributed by atoms with van der Waals surface area (Å²) < 4.78 is 0. The first-order valence-corrected chi connectivity index (χ1v) is 7.30. The topological polar surface area (TPSA) is 45.4 Å². The predicted molar refractivity (Wildman–Crippen MR) is 80.4 cm³/mol. The number of aromatic nitrogens is 1. The third-order valence-electron chi connectivity index (χ3n) is 4.09. The molecule has 0 aliphatic carbocycles. The van der Waals surface area contributed by atoms with Gasteiger partial charge in [-0.3, -0.25) is 4.90 Å². The number of piperazine rings is 1. The Balaban J connectivity index is 2.03. The van der Waals surface area contributed by atoms with Crippen LogP contribution >= 0.6 is 0 Å². The van der Waals surface area contributed by atoms with E-state index in [9.17, 15) is 0 Å². The second-order valence-electron chi connectivity index (χ2n) is 5.46. The molecule has 0 aromatic carbocycles. The minimum atomic E-state index is 0.587. The lowest BCUT2D eigenvalue weighted by Crippen LogP contribution is -2.49. The van der Waals surface area contributed by atoms with Crippen molar-refractivity contribution >= 4 is 5.82 Å². The van der Waals surface area contributed by atoms with Crippen molar-refractivity contribution in [3.8, 4) is 0 Å². The third kappa shape index (κ3) is 3.45. The van der Waals surface area contributed by atoms with Crippen LogP contribution in [0.2, 0.25) is 0 Å². The normalized spacial score (nSPS) is 18.6. The molecule has 2 heterocycles. The molecular formula is C15H26N4. The van der Waals surface area contributed by atoms with Crippen LogP contribution in [0.25, 0.3) is 0 Å². The van der Waals surface area contributed by atoms with E-state index in [1.165, 1.54) is 12.0 Å². The molecule has 0 bridgehead atoms. The zero-order valence-corrected chi connectivity index (χ0v) is 12.4. The van der Waals surface area contributed by atoms with Gasteiger partial charge in [-0.2, -0.15) is 0 Å². The van der Waals surface area contributed by atoms with Crippen molar-refractivity contribution < 1.29 is 0 Å². The van der Waals surface area contributed by atoms with Crippen molar-refractivity contribution in [2.24, 2.45) is 5.73 Å². The number of nitrogens with zero attached hydrogens (tertiary/aromatic N) is 3. The molecule has 1 aliphatic rings. The van der Waals surface area contributed by atoms with Crippen LogP contribution < -0.4 is 10.6 Å². The van der Waals surface area contributed by atoms with Gasteiger partial charge in [0.05, 0.1) is 0 Å². The molecule has 1 fully saturated rings. The fraction of sp³-hybridized carbons (Fsp3) is 0.667. The quantitative estimate of drug-likeness (QED) is 0.898. The Bertz CT molecular complexity index is 411. The van der Waals surface area contributed by atoms with E-state index in [2.05, 4.69) is 40.8 Å². The van der Waals surface area contributed by atoms with E-state index < -0.39 is 0 Å². The molecule has 4 heteroatoms. The molecule has 4 nitrogen and oxygen atoms in total. The summed E-state index contributed by atoms with van der Waals surface area (Å²) in [5.74, 6) is 1.09. The first kappa shape index (κ1) is 14.3. The molecule has 2 N–H and O–H groups in total. The number of aryl methyl sites for hydroxylation is 1. The molecule has 1 atom stereocenters. The minimum absolute atomic E-state index is 0.587. The molecule has 0 saturated carbocycles. The SMILES string of the molecule is CCC(C)N1CCN(c2cc(CN)cc(C)n2)CC1. The molecule has 0 radical (unpaired) electrons. The standard InChI is InChI=1S/C15H26N4/c1-4-13(3)18-5-7-19(8-6-18)15-10-14(11-16)9-12(2)17-15/h9-10,13H,4-8,11,16H2,1-3H3. The number of anilines is 1. The van der Waals surface area contributed by atoms with Gasteiger partial charge >= 0.3 is 0 Å². The zero-order valence-electron chi connectivity index (χ0n) is 12.4. The first-order chi connectivity index (χ1) is 9.13. The summed E-state index contributed by atoms with van der Waals surface area (Å²) in [7, 11) is 0. The van der Waals surface area contributed by atoms with E-state index in [1.54, 1.807) is 0 Å². The summed E-state index contributed by atoms with van der Waals surface area (Å²) in [5.41, 5.74) is 7.97. The van der Waals surface area contributed by atoms with E-state index in [-0.39, 0.29) is 0 Å². The van der Waals surface area contributed by atoms with Crippen LogP contribution in [0.1, 0.15) is 31.5 Å². The van der Waals surface area contributed by atoms with Crippen molar-refractivity contribution in [1.82, 2.24) is 9.88 Å². The van der Waals surface area contributed by atoms with Gasteiger partial charge in [-0.15, -0.1) is 0 Å². The maximum absolute atomic E-state index is 5.74. The Kier molecular flexibility index (Phi) is 4.77. The summed E-state index contributed by atoms with van der Waals surface area (Å²) in [4.78, 5) is 9.59. The maximum atomic E-state index is 5.74. The van der Waals surface area contributed by atoms with Crippen LogP contribution in [-0.4, -0.2) is 42.1 Å². The van der Waals surface area contributed by atoms with Gasteiger partial charge in [0.25, 0.3) is 0 Å². The van der Waals surface area contributed by atoms with E-state index in [0.29, 0.717) is 12.6 Å². The summed E-state index contributed by atoms with van der Waals surface area (Å²) in [6.45, 7) is 11.6. The molecule has 2 rings (SSSR count).